The van der Waals surface area contributed by atoms with Gasteiger partial charge in [0.2, 0.25) is 0 Å². The van der Waals surface area contributed by atoms with Gasteiger partial charge in [0.15, 0.2) is 0 Å². The molecule has 2 nitrogen and oxygen atoms in total. The van der Waals surface area contributed by atoms with Crippen LogP contribution in [0.25, 0.3) is 10.4 Å². The molecule has 1 aromatic heterocycles. The second-order valence-electron chi connectivity index (χ2n) is 3.76. The van der Waals surface area contributed by atoms with E-state index in [1.807, 2.05) is 38.1 Å². The highest BCUT2D eigenvalue weighted by Gasteiger charge is 2.12. The highest BCUT2D eigenvalue weighted by Crippen LogP contribution is 2.30. The molecule has 1 N–H and O–H groups in total. The summed E-state index contributed by atoms with van der Waals surface area (Å²) in [5.74, 6) is -0.871. The summed E-state index contributed by atoms with van der Waals surface area (Å²) in [7, 11) is 0. The maximum Gasteiger partial charge on any atom is 0.336 e. The van der Waals surface area contributed by atoms with Crippen LogP contribution in [0, 0.1) is 13.8 Å². The van der Waals surface area contributed by atoms with Gasteiger partial charge in [0, 0.05) is 15.3 Å². The molecule has 3 heteroatoms. The number of aryl methyl sites for hydroxylation is 2. The van der Waals surface area contributed by atoms with Gasteiger partial charge in [0.1, 0.15) is 0 Å². The van der Waals surface area contributed by atoms with Crippen molar-refractivity contribution in [1.29, 1.82) is 0 Å². The van der Waals surface area contributed by atoms with E-state index in [1.165, 1.54) is 4.88 Å². The van der Waals surface area contributed by atoms with Crippen LogP contribution in [0.3, 0.4) is 0 Å². The van der Waals surface area contributed by atoms with Crippen LogP contribution in [0.15, 0.2) is 30.3 Å². The minimum absolute atomic E-state index is 0.377. The van der Waals surface area contributed by atoms with E-state index in [-0.39, 0.29) is 0 Å². The zero-order chi connectivity index (χ0) is 11.7. The molecule has 0 atom stereocenters. The first kappa shape index (κ1) is 10.9. The number of thiophene rings is 1. The van der Waals surface area contributed by atoms with E-state index in [0.29, 0.717) is 5.56 Å². The van der Waals surface area contributed by atoms with E-state index in [1.54, 1.807) is 17.4 Å². The molecular formula is C13H12O2S. The second kappa shape index (κ2) is 4.10. The molecule has 0 spiro atoms. The maximum atomic E-state index is 11.2. The Bertz CT molecular complexity index is 541. The van der Waals surface area contributed by atoms with Crippen molar-refractivity contribution in [3.05, 3.63) is 46.3 Å². The Morgan fingerprint density at radius 1 is 1.19 bits per heavy atom. The van der Waals surface area contributed by atoms with Crippen molar-refractivity contribution in [3.8, 4) is 10.4 Å². The Kier molecular flexibility index (Phi) is 2.79. The summed E-state index contributed by atoms with van der Waals surface area (Å²) >= 11 is 1.61. The number of carboxylic acid groups (broad SMARTS) is 1. The molecule has 0 bridgehead atoms. The zero-order valence-corrected chi connectivity index (χ0v) is 9.97. The Morgan fingerprint density at radius 3 is 2.50 bits per heavy atom. The SMILES string of the molecule is Cc1ccc(-c2ccc(C)s2)c(C(=O)O)c1. The molecule has 0 saturated carbocycles. The van der Waals surface area contributed by atoms with Gasteiger partial charge in [-0.1, -0.05) is 17.7 Å². The van der Waals surface area contributed by atoms with Crippen LogP contribution in [0.2, 0.25) is 0 Å². The summed E-state index contributed by atoms with van der Waals surface area (Å²) in [5, 5.41) is 9.16. The highest BCUT2D eigenvalue weighted by molar-refractivity contribution is 7.15. The van der Waals surface area contributed by atoms with E-state index in [2.05, 4.69) is 0 Å². The van der Waals surface area contributed by atoms with Gasteiger partial charge in [-0.05, 0) is 32.0 Å². The number of hydrogen-bond acceptors (Lipinski definition) is 2. The number of rotatable bonds is 2. The predicted molar refractivity (Wildman–Crippen MR) is 66.2 cm³/mol. The molecule has 0 fully saturated rings. The third-order valence-corrected chi connectivity index (χ3v) is 3.45. The first-order chi connectivity index (χ1) is 7.58. The van der Waals surface area contributed by atoms with Gasteiger partial charge >= 0.3 is 5.97 Å². The molecular weight excluding hydrogens is 220 g/mol. The van der Waals surface area contributed by atoms with Gasteiger partial charge in [0.25, 0.3) is 0 Å². The number of carboxylic acids is 1. The van der Waals surface area contributed by atoms with Crippen molar-refractivity contribution in [2.75, 3.05) is 0 Å². The number of benzene rings is 1. The van der Waals surface area contributed by atoms with Gasteiger partial charge in [0.05, 0.1) is 5.56 Å². The van der Waals surface area contributed by atoms with Gasteiger partial charge in [-0.25, -0.2) is 4.79 Å². The smallest absolute Gasteiger partial charge is 0.336 e. The van der Waals surface area contributed by atoms with Crippen molar-refractivity contribution in [2.45, 2.75) is 13.8 Å². The van der Waals surface area contributed by atoms with Crippen molar-refractivity contribution < 1.29 is 9.90 Å². The summed E-state index contributed by atoms with van der Waals surface area (Å²) in [6.07, 6.45) is 0. The summed E-state index contributed by atoms with van der Waals surface area (Å²) in [6.45, 7) is 3.92. The van der Waals surface area contributed by atoms with Crippen LogP contribution in [0.4, 0.5) is 0 Å². The molecule has 2 aromatic rings. The predicted octanol–water partition coefficient (Wildman–Crippen LogP) is 3.73. The molecule has 0 amide bonds. The molecule has 16 heavy (non-hydrogen) atoms. The standard InChI is InChI=1S/C13H12O2S/c1-8-3-5-10(11(7-8)13(14)15)12-6-4-9(2)16-12/h3-7H,1-2H3,(H,14,15). The quantitative estimate of drug-likeness (QED) is 0.856. The van der Waals surface area contributed by atoms with Gasteiger partial charge in [-0.2, -0.15) is 0 Å². The first-order valence-electron chi connectivity index (χ1n) is 4.98. The molecule has 0 radical (unpaired) electrons. The highest BCUT2D eigenvalue weighted by atomic mass is 32.1. The third-order valence-electron chi connectivity index (χ3n) is 2.41. The topological polar surface area (TPSA) is 37.3 Å². The van der Waals surface area contributed by atoms with Crippen molar-refractivity contribution in [3.63, 3.8) is 0 Å². The minimum atomic E-state index is -0.871. The molecule has 0 aliphatic rings. The lowest BCUT2D eigenvalue weighted by Gasteiger charge is -2.04. The average Bonchev–Trinajstić information content (AvgIpc) is 2.64. The molecule has 2 rings (SSSR count). The van der Waals surface area contributed by atoms with Crippen molar-refractivity contribution >= 4 is 17.3 Å². The maximum absolute atomic E-state index is 11.2. The van der Waals surface area contributed by atoms with Crippen LogP contribution in [-0.4, -0.2) is 11.1 Å². The molecule has 0 aliphatic heterocycles. The first-order valence-corrected chi connectivity index (χ1v) is 5.80. The van der Waals surface area contributed by atoms with Crippen LogP contribution < -0.4 is 0 Å². The molecule has 0 aliphatic carbocycles. The van der Waals surface area contributed by atoms with Crippen molar-refractivity contribution in [2.24, 2.45) is 0 Å². The lowest BCUT2D eigenvalue weighted by molar-refractivity contribution is 0.0697. The molecule has 1 aromatic carbocycles. The van der Waals surface area contributed by atoms with Gasteiger partial charge in [-0.3, -0.25) is 0 Å². The fourth-order valence-electron chi connectivity index (χ4n) is 1.63. The van der Waals surface area contributed by atoms with E-state index in [4.69, 9.17) is 5.11 Å². The molecule has 0 unspecified atom stereocenters. The summed E-state index contributed by atoms with van der Waals surface area (Å²) in [6, 6.07) is 9.51. The molecule has 1 heterocycles. The van der Waals surface area contributed by atoms with Crippen LogP contribution in [0.1, 0.15) is 20.8 Å². The van der Waals surface area contributed by atoms with Crippen LogP contribution in [-0.2, 0) is 0 Å². The van der Waals surface area contributed by atoms with Crippen LogP contribution in [0.5, 0.6) is 0 Å². The lowest BCUT2D eigenvalue weighted by Crippen LogP contribution is -1.99. The van der Waals surface area contributed by atoms with Gasteiger partial charge < -0.3 is 5.11 Å². The molecule has 82 valence electrons. The molecule has 0 saturated heterocycles. The van der Waals surface area contributed by atoms with E-state index in [9.17, 15) is 4.79 Å². The number of hydrogen-bond donors (Lipinski definition) is 1. The zero-order valence-electron chi connectivity index (χ0n) is 9.15. The Balaban J connectivity index is 2.60. The van der Waals surface area contributed by atoms with Crippen molar-refractivity contribution in [1.82, 2.24) is 0 Å². The largest absolute Gasteiger partial charge is 0.478 e. The summed E-state index contributed by atoms with van der Waals surface area (Å²) < 4.78 is 0. The van der Waals surface area contributed by atoms with Crippen LogP contribution >= 0.6 is 11.3 Å². The lowest BCUT2D eigenvalue weighted by atomic mass is 10.0. The number of aromatic carboxylic acids is 1. The van der Waals surface area contributed by atoms with E-state index in [0.717, 1.165) is 16.0 Å². The fraction of sp³-hybridized carbons (Fsp3) is 0.154. The minimum Gasteiger partial charge on any atom is -0.478 e. The van der Waals surface area contributed by atoms with E-state index >= 15 is 0 Å². The Hall–Kier alpha value is -1.61. The second-order valence-corrected chi connectivity index (χ2v) is 5.05. The van der Waals surface area contributed by atoms with E-state index < -0.39 is 5.97 Å². The third kappa shape index (κ3) is 1.99. The summed E-state index contributed by atoms with van der Waals surface area (Å²) in [4.78, 5) is 13.4. The average molecular weight is 232 g/mol. The number of carbonyl (C=O) groups is 1. The normalized spacial score (nSPS) is 10.4. The summed E-state index contributed by atoms with van der Waals surface area (Å²) in [5.41, 5.74) is 2.15. The Morgan fingerprint density at radius 2 is 1.94 bits per heavy atom. The fourth-order valence-corrected chi connectivity index (χ4v) is 2.54. The van der Waals surface area contributed by atoms with Gasteiger partial charge in [-0.15, -0.1) is 11.3 Å². The Labute approximate surface area is 98.2 Å². The monoisotopic (exact) mass is 232 g/mol.